The van der Waals surface area contributed by atoms with E-state index in [0.717, 1.165) is 31.5 Å². The first-order valence-corrected chi connectivity index (χ1v) is 9.98. The first-order chi connectivity index (χ1) is 13.4. The molecule has 0 aliphatic carbocycles. The van der Waals surface area contributed by atoms with E-state index in [1.54, 1.807) is 25.1 Å². The van der Waals surface area contributed by atoms with Crippen LogP contribution in [0, 0.1) is 12.8 Å². The maximum Gasteiger partial charge on any atom is 0.249 e. The molecule has 0 spiro atoms. The fourth-order valence-electron chi connectivity index (χ4n) is 3.53. The van der Waals surface area contributed by atoms with E-state index >= 15 is 0 Å². The van der Waals surface area contributed by atoms with Crippen molar-refractivity contribution in [3.8, 4) is 0 Å². The summed E-state index contributed by atoms with van der Waals surface area (Å²) in [6.45, 7) is 4.04. The Labute approximate surface area is 174 Å². The van der Waals surface area contributed by atoms with Gasteiger partial charge in [-0.2, -0.15) is 0 Å². The predicted octanol–water partition coefficient (Wildman–Crippen LogP) is 4.25. The van der Waals surface area contributed by atoms with Gasteiger partial charge in [-0.3, -0.25) is 14.5 Å². The summed E-state index contributed by atoms with van der Waals surface area (Å²) in [5, 5.41) is 4.28. The van der Waals surface area contributed by atoms with Gasteiger partial charge in [-0.1, -0.05) is 35.3 Å². The summed E-state index contributed by atoms with van der Waals surface area (Å²) in [5.41, 5.74) is 8.05. The summed E-state index contributed by atoms with van der Waals surface area (Å²) in [5.74, 6) is -0.602. The van der Waals surface area contributed by atoms with Gasteiger partial charge in [0, 0.05) is 39.3 Å². The van der Waals surface area contributed by atoms with E-state index in [1.807, 2.05) is 18.2 Å². The summed E-state index contributed by atoms with van der Waals surface area (Å²) in [6.07, 6.45) is 1.50. The molecule has 2 aromatic carbocycles. The summed E-state index contributed by atoms with van der Waals surface area (Å²) < 4.78 is 0. The molecule has 5 nitrogen and oxygen atoms in total. The van der Waals surface area contributed by atoms with Crippen LogP contribution in [0.3, 0.4) is 0 Å². The van der Waals surface area contributed by atoms with E-state index in [2.05, 4.69) is 10.2 Å². The maximum atomic E-state index is 12.7. The third kappa shape index (κ3) is 4.66. The average Bonchev–Trinajstić information content (AvgIpc) is 2.66. The molecule has 2 aromatic rings. The minimum Gasteiger partial charge on any atom is -0.366 e. The van der Waals surface area contributed by atoms with Gasteiger partial charge in [0.25, 0.3) is 0 Å². The van der Waals surface area contributed by atoms with E-state index in [1.165, 1.54) is 0 Å². The number of rotatable bonds is 5. The smallest absolute Gasteiger partial charge is 0.249 e. The molecule has 3 rings (SSSR count). The molecule has 0 atom stereocenters. The van der Waals surface area contributed by atoms with Crippen molar-refractivity contribution in [2.24, 2.45) is 11.7 Å². The van der Waals surface area contributed by atoms with Crippen LogP contribution in [-0.4, -0.2) is 29.8 Å². The van der Waals surface area contributed by atoms with Crippen LogP contribution >= 0.6 is 23.2 Å². The predicted molar refractivity (Wildman–Crippen MR) is 113 cm³/mol. The van der Waals surface area contributed by atoms with Crippen LogP contribution in [0.2, 0.25) is 10.0 Å². The number of halogens is 2. The van der Waals surface area contributed by atoms with E-state index in [9.17, 15) is 9.59 Å². The first-order valence-electron chi connectivity index (χ1n) is 9.22. The molecular weight excluding hydrogens is 397 g/mol. The minimum absolute atomic E-state index is 0.0276. The zero-order valence-corrected chi connectivity index (χ0v) is 17.2. The number of nitrogens with one attached hydrogen (secondary N) is 1. The fraction of sp³-hybridized carbons (Fsp3) is 0.333. The number of nitrogens with two attached hydrogens (primary N) is 1. The molecule has 7 heteroatoms. The summed E-state index contributed by atoms with van der Waals surface area (Å²) in [7, 11) is 0. The Balaban J connectivity index is 1.59. The second-order valence-corrected chi connectivity index (χ2v) is 7.90. The van der Waals surface area contributed by atoms with E-state index in [4.69, 9.17) is 28.9 Å². The highest BCUT2D eigenvalue weighted by Gasteiger charge is 2.26. The maximum absolute atomic E-state index is 12.7. The SMILES string of the molecule is Cc1c(NC(=O)C2CCN(Cc3c(Cl)cccc3Cl)CC2)cccc1C(N)=O. The monoisotopic (exact) mass is 419 g/mol. The molecular formula is C21H23Cl2N3O2. The molecule has 2 amide bonds. The Morgan fingerprint density at radius 1 is 1.11 bits per heavy atom. The van der Waals surface area contributed by atoms with Gasteiger partial charge in [0.05, 0.1) is 0 Å². The highest BCUT2D eigenvalue weighted by atomic mass is 35.5. The number of benzene rings is 2. The third-order valence-corrected chi connectivity index (χ3v) is 5.97. The number of carbonyl (C=O) groups is 2. The van der Waals surface area contributed by atoms with E-state index < -0.39 is 5.91 Å². The number of hydrogen-bond acceptors (Lipinski definition) is 3. The lowest BCUT2D eigenvalue weighted by molar-refractivity contribution is -0.121. The Kier molecular flexibility index (Phi) is 6.60. The van der Waals surface area contributed by atoms with Crippen molar-refractivity contribution in [3.05, 3.63) is 63.1 Å². The average molecular weight is 420 g/mol. The second kappa shape index (κ2) is 8.95. The van der Waals surface area contributed by atoms with Gasteiger partial charge in [-0.05, 0) is 62.7 Å². The molecule has 1 saturated heterocycles. The van der Waals surface area contributed by atoms with Crippen LogP contribution < -0.4 is 11.1 Å². The number of nitrogens with zero attached hydrogens (tertiary/aromatic N) is 1. The number of amides is 2. The molecule has 1 fully saturated rings. The summed E-state index contributed by atoms with van der Waals surface area (Å²) in [6, 6.07) is 10.7. The molecule has 1 aliphatic rings. The molecule has 0 saturated carbocycles. The zero-order valence-electron chi connectivity index (χ0n) is 15.7. The third-order valence-electron chi connectivity index (χ3n) is 5.26. The van der Waals surface area contributed by atoms with Crippen molar-refractivity contribution < 1.29 is 9.59 Å². The van der Waals surface area contributed by atoms with Gasteiger partial charge in [0.1, 0.15) is 0 Å². The molecule has 28 heavy (non-hydrogen) atoms. The number of likely N-dealkylation sites (tertiary alicyclic amines) is 1. The van der Waals surface area contributed by atoms with Crippen LogP contribution in [0.4, 0.5) is 5.69 Å². The fourth-order valence-corrected chi connectivity index (χ4v) is 4.05. The molecule has 148 valence electrons. The molecule has 0 unspecified atom stereocenters. The van der Waals surface area contributed by atoms with Gasteiger partial charge in [-0.25, -0.2) is 0 Å². The van der Waals surface area contributed by atoms with Crippen LogP contribution in [-0.2, 0) is 11.3 Å². The second-order valence-electron chi connectivity index (χ2n) is 7.08. The normalized spacial score (nSPS) is 15.4. The Bertz CT molecular complexity index is 873. The quantitative estimate of drug-likeness (QED) is 0.760. The molecule has 1 aliphatic heterocycles. The lowest BCUT2D eigenvalue weighted by Crippen LogP contribution is -2.38. The van der Waals surface area contributed by atoms with Gasteiger partial charge in [0.15, 0.2) is 0 Å². The van der Waals surface area contributed by atoms with Gasteiger partial charge < -0.3 is 11.1 Å². The standard InChI is InChI=1S/C21H23Cl2N3O2/c1-13-15(20(24)27)4-2-7-19(13)25-21(28)14-8-10-26(11-9-14)12-16-17(22)5-3-6-18(16)23/h2-7,14H,8-12H2,1H3,(H2,24,27)(H,25,28). The van der Waals surface area contributed by atoms with Crippen LogP contribution in [0.15, 0.2) is 36.4 Å². The van der Waals surface area contributed by atoms with Crippen LogP contribution in [0.25, 0.3) is 0 Å². The van der Waals surface area contributed by atoms with E-state index in [0.29, 0.717) is 33.4 Å². The van der Waals surface area contributed by atoms with E-state index in [-0.39, 0.29) is 11.8 Å². The van der Waals surface area contributed by atoms with Crippen LogP contribution in [0.5, 0.6) is 0 Å². The first kappa shape index (κ1) is 20.6. The van der Waals surface area contributed by atoms with Crippen molar-refractivity contribution in [1.82, 2.24) is 4.90 Å². The highest BCUT2D eigenvalue weighted by Crippen LogP contribution is 2.28. The van der Waals surface area contributed by atoms with Gasteiger partial charge in [0.2, 0.25) is 11.8 Å². The number of carbonyl (C=O) groups excluding carboxylic acids is 2. The summed E-state index contributed by atoms with van der Waals surface area (Å²) >= 11 is 12.5. The van der Waals surface area contributed by atoms with Crippen molar-refractivity contribution in [1.29, 1.82) is 0 Å². The lowest BCUT2D eigenvalue weighted by atomic mass is 9.95. The van der Waals surface area contributed by atoms with Crippen molar-refractivity contribution in [2.45, 2.75) is 26.3 Å². The lowest BCUT2D eigenvalue weighted by Gasteiger charge is -2.31. The van der Waals surface area contributed by atoms with Crippen molar-refractivity contribution in [2.75, 3.05) is 18.4 Å². The van der Waals surface area contributed by atoms with Gasteiger partial charge in [-0.15, -0.1) is 0 Å². The number of anilines is 1. The Hall–Kier alpha value is -2.08. The summed E-state index contributed by atoms with van der Waals surface area (Å²) in [4.78, 5) is 26.4. The largest absolute Gasteiger partial charge is 0.366 e. The minimum atomic E-state index is -0.500. The molecule has 1 heterocycles. The number of primary amides is 1. The van der Waals surface area contributed by atoms with Crippen molar-refractivity contribution in [3.63, 3.8) is 0 Å². The molecule has 3 N–H and O–H groups in total. The van der Waals surface area contributed by atoms with Gasteiger partial charge >= 0.3 is 0 Å². The molecule has 0 bridgehead atoms. The number of piperidine rings is 1. The van der Waals surface area contributed by atoms with Crippen molar-refractivity contribution >= 4 is 40.7 Å². The molecule has 0 radical (unpaired) electrons. The number of hydrogen-bond donors (Lipinski definition) is 2. The Morgan fingerprint density at radius 3 is 2.32 bits per heavy atom. The topological polar surface area (TPSA) is 75.4 Å². The zero-order chi connectivity index (χ0) is 20.3. The highest BCUT2D eigenvalue weighted by molar-refractivity contribution is 6.35. The van der Waals surface area contributed by atoms with Crippen LogP contribution in [0.1, 0.15) is 34.3 Å². The Morgan fingerprint density at radius 2 is 1.71 bits per heavy atom. The molecule has 0 aromatic heterocycles.